The van der Waals surface area contributed by atoms with Crippen LogP contribution in [0.2, 0.25) is 0 Å². The molecule has 23 heavy (non-hydrogen) atoms. The molecule has 0 aromatic rings. The molecule has 0 aliphatic rings. The summed E-state index contributed by atoms with van der Waals surface area (Å²) in [7, 11) is 1.46. The fourth-order valence-corrected chi connectivity index (χ4v) is 2.73. The fourth-order valence-electron chi connectivity index (χ4n) is 2.73. The Labute approximate surface area is 144 Å². The highest BCUT2D eigenvalue weighted by atomic mass is 16.5. The first-order valence-corrected chi connectivity index (χ1v) is 9.73. The first-order valence-electron chi connectivity index (χ1n) is 9.73. The predicted molar refractivity (Wildman–Crippen MR) is 97.7 cm³/mol. The van der Waals surface area contributed by atoms with Crippen molar-refractivity contribution < 1.29 is 14.3 Å². The number of esters is 1. The predicted octanol–water partition coefficient (Wildman–Crippen LogP) is 5.90. The molecule has 3 nitrogen and oxygen atoms in total. The molecule has 0 bridgehead atoms. The second-order valence-electron chi connectivity index (χ2n) is 7.08. The lowest BCUT2D eigenvalue weighted by atomic mass is 9.99. The molecule has 1 unspecified atom stereocenters. The molecule has 3 heteroatoms. The Hall–Kier alpha value is -0.570. The topological polar surface area (TPSA) is 35.5 Å². The minimum Gasteiger partial charge on any atom is -0.469 e. The van der Waals surface area contributed by atoms with Gasteiger partial charge < -0.3 is 9.47 Å². The third-order valence-corrected chi connectivity index (χ3v) is 4.57. The molecule has 0 aromatic carbocycles. The Morgan fingerprint density at radius 1 is 0.870 bits per heavy atom. The lowest BCUT2D eigenvalue weighted by Gasteiger charge is -2.25. The third-order valence-electron chi connectivity index (χ3n) is 4.57. The van der Waals surface area contributed by atoms with Crippen LogP contribution in [0.4, 0.5) is 0 Å². The fraction of sp³-hybridized carbons (Fsp3) is 0.950. The highest BCUT2D eigenvalue weighted by molar-refractivity contribution is 5.68. The zero-order valence-corrected chi connectivity index (χ0v) is 16.2. The summed E-state index contributed by atoms with van der Waals surface area (Å²) >= 11 is 0. The van der Waals surface area contributed by atoms with E-state index in [4.69, 9.17) is 4.74 Å². The maximum atomic E-state index is 11.0. The molecular formula is C20H40O3. The van der Waals surface area contributed by atoms with Crippen LogP contribution in [-0.2, 0) is 14.3 Å². The molecule has 0 aliphatic carbocycles. The van der Waals surface area contributed by atoms with Gasteiger partial charge in [0.05, 0.1) is 19.3 Å². The summed E-state index contributed by atoms with van der Waals surface area (Å²) < 4.78 is 10.8. The summed E-state index contributed by atoms with van der Waals surface area (Å²) in [6, 6.07) is 0. The van der Waals surface area contributed by atoms with Gasteiger partial charge in [0, 0.05) is 6.42 Å². The van der Waals surface area contributed by atoms with Gasteiger partial charge in [-0.2, -0.15) is 0 Å². The summed E-state index contributed by atoms with van der Waals surface area (Å²) in [6.07, 6.45) is 13.5. The SMILES string of the molecule is CCC(C)O[C@@H](CCCCCCCCCCC(=O)OC)C(C)C. The standard InChI is InChI=1S/C20H40O3/c1-6-18(4)23-19(17(2)3)15-13-11-9-7-8-10-12-14-16-20(21)22-5/h17-19H,6-16H2,1-5H3/t18?,19-/m0/s1. The monoisotopic (exact) mass is 328 g/mol. The van der Waals surface area contributed by atoms with Crippen LogP contribution in [0.3, 0.4) is 0 Å². The molecule has 0 rings (SSSR count). The molecule has 0 fully saturated rings. The van der Waals surface area contributed by atoms with E-state index in [1.807, 2.05) is 0 Å². The van der Waals surface area contributed by atoms with E-state index in [0.717, 1.165) is 19.3 Å². The normalized spacial score (nSPS) is 14.0. The van der Waals surface area contributed by atoms with Crippen molar-refractivity contribution in [1.82, 2.24) is 0 Å². The van der Waals surface area contributed by atoms with Crippen molar-refractivity contribution in [3.8, 4) is 0 Å². The van der Waals surface area contributed by atoms with Gasteiger partial charge >= 0.3 is 5.97 Å². The summed E-state index contributed by atoms with van der Waals surface area (Å²) in [5, 5.41) is 0. The van der Waals surface area contributed by atoms with Gasteiger partial charge in [-0.05, 0) is 32.1 Å². The second-order valence-corrected chi connectivity index (χ2v) is 7.08. The van der Waals surface area contributed by atoms with E-state index in [0.29, 0.717) is 24.5 Å². The zero-order chi connectivity index (χ0) is 17.5. The molecule has 0 heterocycles. The van der Waals surface area contributed by atoms with Crippen LogP contribution in [0.25, 0.3) is 0 Å². The van der Waals surface area contributed by atoms with Crippen molar-refractivity contribution in [3.05, 3.63) is 0 Å². The van der Waals surface area contributed by atoms with E-state index in [-0.39, 0.29) is 5.97 Å². The Bertz CT molecular complexity index is 276. The van der Waals surface area contributed by atoms with Crippen molar-refractivity contribution in [1.29, 1.82) is 0 Å². The number of rotatable bonds is 15. The maximum Gasteiger partial charge on any atom is 0.305 e. The first-order chi connectivity index (χ1) is 11.0. The Morgan fingerprint density at radius 3 is 1.87 bits per heavy atom. The number of ether oxygens (including phenoxy) is 2. The summed E-state index contributed by atoms with van der Waals surface area (Å²) in [5.74, 6) is 0.531. The first kappa shape index (κ1) is 22.4. The van der Waals surface area contributed by atoms with E-state index < -0.39 is 0 Å². The number of unbranched alkanes of at least 4 members (excludes halogenated alkanes) is 7. The molecule has 0 saturated carbocycles. The highest BCUT2D eigenvalue weighted by Crippen LogP contribution is 2.19. The van der Waals surface area contributed by atoms with Crippen molar-refractivity contribution >= 4 is 5.97 Å². The average molecular weight is 329 g/mol. The number of hydrogen-bond donors (Lipinski definition) is 0. The lowest BCUT2D eigenvalue weighted by molar-refractivity contribution is -0.140. The molecule has 0 saturated heterocycles. The van der Waals surface area contributed by atoms with Crippen LogP contribution in [0.15, 0.2) is 0 Å². The molecule has 0 radical (unpaired) electrons. The summed E-state index contributed by atoms with van der Waals surface area (Å²) in [6.45, 7) is 8.89. The largest absolute Gasteiger partial charge is 0.469 e. The molecular weight excluding hydrogens is 288 g/mol. The van der Waals surface area contributed by atoms with Crippen molar-refractivity contribution in [2.45, 2.75) is 111 Å². The molecule has 138 valence electrons. The van der Waals surface area contributed by atoms with Crippen LogP contribution in [-0.4, -0.2) is 25.3 Å². The molecule has 0 aliphatic heterocycles. The van der Waals surface area contributed by atoms with Gasteiger partial charge in [-0.1, -0.05) is 65.7 Å². The van der Waals surface area contributed by atoms with Gasteiger partial charge in [-0.3, -0.25) is 4.79 Å². The minimum absolute atomic E-state index is 0.0793. The van der Waals surface area contributed by atoms with Gasteiger partial charge in [0.1, 0.15) is 0 Å². The van der Waals surface area contributed by atoms with E-state index in [1.54, 1.807) is 0 Å². The number of carbonyl (C=O) groups is 1. The lowest BCUT2D eigenvalue weighted by Crippen LogP contribution is -2.24. The van der Waals surface area contributed by atoms with Crippen molar-refractivity contribution in [2.75, 3.05) is 7.11 Å². The minimum atomic E-state index is -0.0793. The maximum absolute atomic E-state index is 11.0. The van der Waals surface area contributed by atoms with E-state index in [2.05, 4.69) is 32.4 Å². The third kappa shape index (κ3) is 13.6. The Balaban J connectivity index is 3.47. The van der Waals surface area contributed by atoms with Crippen molar-refractivity contribution in [2.24, 2.45) is 5.92 Å². The summed E-state index contributed by atoms with van der Waals surface area (Å²) in [5.41, 5.74) is 0. The number of methoxy groups -OCH3 is 1. The van der Waals surface area contributed by atoms with Crippen LogP contribution in [0, 0.1) is 5.92 Å². The molecule has 0 N–H and O–H groups in total. The number of carbonyl (C=O) groups excluding carboxylic acids is 1. The van der Waals surface area contributed by atoms with Gasteiger partial charge in [-0.15, -0.1) is 0 Å². The van der Waals surface area contributed by atoms with Crippen LogP contribution >= 0.6 is 0 Å². The molecule has 2 atom stereocenters. The van der Waals surface area contributed by atoms with Gasteiger partial charge in [0.15, 0.2) is 0 Å². The second kappa shape index (κ2) is 15.0. The molecule has 0 aromatic heterocycles. The van der Waals surface area contributed by atoms with Gasteiger partial charge in [0.25, 0.3) is 0 Å². The Morgan fingerprint density at radius 2 is 1.39 bits per heavy atom. The smallest absolute Gasteiger partial charge is 0.305 e. The zero-order valence-electron chi connectivity index (χ0n) is 16.2. The Kier molecular flexibility index (Phi) is 14.6. The van der Waals surface area contributed by atoms with E-state index in [9.17, 15) is 4.79 Å². The quantitative estimate of drug-likeness (QED) is 0.277. The van der Waals surface area contributed by atoms with Gasteiger partial charge in [-0.25, -0.2) is 0 Å². The number of hydrogen-bond acceptors (Lipinski definition) is 3. The van der Waals surface area contributed by atoms with Crippen molar-refractivity contribution in [3.63, 3.8) is 0 Å². The van der Waals surface area contributed by atoms with Crippen LogP contribution in [0.1, 0.15) is 98.3 Å². The van der Waals surface area contributed by atoms with E-state index in [1.165, 1.54) is 52.1 Å². The van der Waals surface area contributed by atoms with E-state index >= 15 is 0 Å². The molecule has 0 amide bonds. The summed E-state index contributed by atoms with van der Waals surface area (Å²) in [4.78, 5) is 11.0. The average Bonchev–Trinajstić information content (AvgIpc) is 2.54. The van der Waals surface area contributed by atoms with Gasteiger partial charge in [0.2, 0.25) is 0 Å². The van der Waals surface area contributed by atoms with Crippen LogP contribution in [0.5, 0.6) is 0 Å². The highest BCUT2D eigenvalue weighted by Gasteiger charge is 2.15. The van der Waals surface area contributed by atoms with Crippen LogP contribution < -0.4 is 0 Å². The molecule has 0 spiro atoms.